The fourth-order valence-electron chi connectivity index (χ4n) is 3.10. The third-order valence-electron chi connectivity index (χ3n) is 5.05. The first-order chi connectivity index (χ1) is 11.6. The van der Waals surface area contributed by atoms with E-state index >= 15 is 0 Å². The van der Waals surface area contributed by atoms with Gasteiger partial charge in [-0.1, -0.05) is 24.3 Å². The van der Waals surface area contributed by atoms with Gasteiger partial charge in [0.05, 0.1) is 13.2 Å². The van der Waals surface area contributed by atoms with Crippen molar-refractivity contribution in [3.63, 3.8) is 0 Å². The zero-order chi connectivity index (χ0) is 16.2. The number of hydrogen-bond acceptors (Lipinski definition) is 4. The van der Waals surface area contributed by atoms with E-state index in [1.165, 1.54) is 16.7 Å². The van der Waals surface area contributed by atoms with E-state index in [1.807, 2.05) is 12.1 Å². The average molecular weight is 324 g/mol. The Morgan fingerprint density at radius 2 is 1.79 bits per heavy atom. The predicted octanol–water partition coefficient (Wildman–Crippen LogP) is 3.06. The number of benzene rings is 2. The van der Waals surface area contributed by atoms with Gasteiger partial charge in [-0.05, 0) is 41.8 Å². The molecule has 0 amide bonds. The highest BCUT2D eigenvalue weighted by atomic mass is 16.6. The van der Waals surface area contributed by atoms with Crippen molar-refractivity contribution in [2.75, 3.05) is 26.4 Å². The fraction of sp³-hybridized carbons (Fsp3) is 0.400. The smallest absolute Gasteiger partial charge is 0.150 e. The summed E-state index contributed by atoms with van der Waals surface area (Å²) in [5, 5.41) is 0. The lowest BCUT2D eigenvalue weighted by molar-refractivity contribution is 0.176. The summed E-state index contributed by atoms with van der Waals surface area (Å²) in [6, 6.07) is 14.7. The molecule has 4 nitrogen and oxygen atoms in total. The lowest BCUT2D eigenvalue weighted by Crippen LogP contribution is -2.24. The molecular formula is C20H20O4. The molecule has 2 aromatic rings. The molecule has 0 radical (unpaired) electrons. The molecule has 3 aliphatic rings. The minimum atomic E-state index is -0.146. The summed E-state index contributed by atoms with van der Waals surface area (Å²) in [5.41, 5.74) is 3.47. The number of hydrogen-bond donors (Lipinski definition) is 0. The van der Waals surface area contributed by atoms with E-state index in [-0.39, 0.29) is 11.2 Å². The summed E-state index contributed by atoms with van der Waals surface area (Å²) >= 11 is 0. The molecule has 2 unspecified atom stereocenters. The molecule has 2 aromatic carbocycles. The second-order valence-corrected chi connectivity index (χ2v) is 7.24. The van der Waals surface area contributed by atoms with Crippen molar-refractivity contribution in [2.24, 2.45) is 0 Å². The van der Waals surface area contributed by atoms with Crippen LogP contribution in [0.15, 0.2) is 42.5 Å². The molecule has 2 fully saturated rings. The third kappa shape index (κ3) is 2.56. The largest absolute Gasteiger partial charge is 0.491 e. The second-order valence-electron chi connectivity index (χ2n) is 7.24. The van der Waals surface area contributed by atoms with Gasteiger partial charge in [0.2, 0.25) is 0 Å². The van der Waals surface area contributed by atoms with Gasteiger partial charge in [0.15, 0.2) is 5.60 Å². The van der Waals surface area contributed by atoms with Gasteiger partial charge in [-0.3, -0.25) is 0 Å². The van der Waals surface area contributed by atoms with Crippen LogP contribution in [0.5, 0.6) is 11.5 Å². The lowest BCUT2D eigenvalue weighted by Gasteiger charge is -2.23. The van der Waals surface area contributed by atoms with Crippen LogP contribution in [0.3, 0.4) is 0 Å². The van der Waals surface area contributed by atoms with Crippen LogP contribution in [-0.4, -0.2) is 32.0 Å². The van der Waals surface area contributed by atoms with Crippen molar-refractivity contribution < 1.29 is 18.9 Å². The van der Waals surface area contributed by atoms with Crippen LogP contribution in [-0.2, 0) is 21.5 Å². The molecule has 2 saturated heterocycles. The molecule has 3 aliphatic heterocycles. The summed E-state index contributed by atoms with van der Waals surface area (Å²) in [6.45, 7) is 4.87. The van der Waals surface area contributed by atoms with Gasteiger partial charge in [-0.25, -0.2) is 0 Å². The van der Waals surface area contributed by atoms with Crippen LogP contribution in [0.25, 0.3) is 0 Å². The molecule has 1 spiro atoms. The molecule has 124 valence electrons. The quantitative estimate of drug-likeness (QED) is 0.793. The van der Waals surface area contributed by atoms with Crippen LogP contribution >= 0.6 is 0 Å². The summed E-state index contributed by atoms with van der Waals surface area (Å²) < 4.78 is 22.6. The number of epoxide rings is 2. The Labute approximate surface area is 141 Å². The predicted molar refractivity (Wildman–Crippen MR) is 88.7 cm³/mol. The summed E-state index contributed by atoms with van der Waals surface area (Å²) in [7, 11) is 0. The van der Waals surface area contributed by atoms with E-state index in [4.69, 9.17) is 18.9 Å². The van der Waals surface area contributed by atoms with Gasteiger partial charge in [0.25, 0.3) is 0 Å². The molecule has 3 heterocycles. The molecule has 0 N–H and O–H groups in total. The molecule has 24 heavy (non-hydrogen) atoms. The molecule has 2 bridgehead atoms. The standard InChI is InChI=1S/C20H20O4/c1-19(11-23-19)10-21-17-6-2-14(3-7-17)8-15-4-5-16-9-18(15)22-12-20(16)13-24-20/h2-7,9H,8,10-13H2,1H3. The number of ether oxygens (including phenoxy) is 4. The van der Waals surface area contributed by atoms with E-state index in [1.54, 1.807) is 0 Å². The first-order valence-electron chi connectivity index (χ1n) is 8.40. The second kappa shape index (κ2) is 4.98. The molecule has 0 aromatic heterocycles. The van der Waals surface area contributed by atoms with Gasteiger partial charge in [0.1, 0.15) is 30.3 Å². The van der Waals surface area contributed by atoms with Gasteiger partial charge in [-0.2, -0.15) is 0 Å². The molecular weight excluding hydrogens is 304 g/mol. The number of fused-ring (bicyclic) bond motifs is 3. The molecule has 2 atom stereocenters. The summed E-state index contributed by atoms with van der Waals surface area (Å²) in [5.74, 6) is 1.86. The highest BCUT2D eigenvalue weighted by Gasteiger charge is 2.49. The first-order valence-corrected chi connectivity index (χ1v) is 8.40. The van der Waals surface area contributed by atoms with Crippen molar-refractivity contribution in [3.05, 3.63) is 59.2 Å². The highest BCUT2D eigenvalue weighted by molar-refractivity contribution is 5.46. The topological polar surface area (TPSA) is 43.5 Å². The summed E-state index contributed by atoms with van der Waals surface area (Å²) in [4.78, 5) is 0. The van der Waals surface area contributed by atoms with Crippen LogP contribution in [0.4, 0.5) is 0 Å². The average Bonchev–Trinajstić information content (AvgIpc) is 3.52. The van der Waals surface area contributed by atoms with E-state index < -0.39 is 0 Å². The summed E-state index contributed by atoms with van der Waals surface area (Å²) in [6.07, 6.45) is 0.852. The van der Waals surface area contributed by atoms with E-state index in [2.05, 4.69) is 37.3 Å². The fourth-order valence-corrected chi connectivity index (χ4v) is 3.10. The van der Waals surface area contributed by atoms with E-state index in [9.17, 15) is 0 Å². The molecule has 5 rings (SSSR count). The van der Waals surface area contributed by atoms with Crippen LogP contribution in [0.2, 0.25) is 0 Å². The minimum absolute atomic E-state index is 0.0803. The van der Waals surface area contributed by atoms with Crippen LogP contribution in [0, 0.1) is 0 Å². The zero-order valence-corrected chi connectivity index (χ0v) is 13.7. The lowest BCUT2D eigenvalue weighted by atomic mass is 9.94. The van der Waals surface area contributed by atoms with Gasteiger partial charge in [0, 0.05) is 6.42 Å². The first kappa shape index (κ1) is 14.3. The Morgan fingerprint density at radius 3 is 2.50 bits per heavy atom. The Hall–Kier alpha value is -2.04. The van der Waals surface area contributed by atoms with Gasteiger partial charge >= 0.3 is 0 Å². The monoisotopic (exact) mass is 324 g/mol. The van der Waals surface area contributed by atoms with Crippen LogP contribution in [0.1, 0.15) is 23.6 Å². The Balaban J connectivity index is 1.28. The van der Waals surface area contributed by atoms with Gasteiger partial charge in [-0.15, -0.1) is 0 Å². The Bertz CT molecular complexity index is 773. The van der Waals surface area contributed by atoms with Crippen molar-refractivity contribution in [2.45, 2.75) is 24.5 Å². The van der Waals surface area contributed by atoms with E-state index in [0.717, 1.165) is 31.1 Å². The van der Waals surface area contributed by atoms with Crippen molar-refractivity contribution in [3.8, 4) is 11.5 Å². The molecule has 0 saturated carbocycles. The number of rotatable bonds is 5. The Kier molecular flexibility index (Phi) is 2.97. The SMILES string of the molecule is CC1(COc2ccc(Cc3ccc4cc3OCC43CO3)cc2)CO1. The maximum atomic E-state index is 5.91. The molecule has 4 heteroatoms. The maximum absolute atomic E-state index is 5.91. The van der Waals surface area contributed by atoms with Crippen molar-refractivity contribution in [1.82, 2.24) is 0 Å². The van der Waals surface area contributed by atoms with E-state index in [0.29, 0.717) is 13.2 Å². The van der Waals surface area contributed by atoms with Crippen molar-refractivity contribution >= 4 is 0 Å². The third-order valence-corrected chi connectivity index (χ3v) is 5.05. The van der Waals surface area contributed by atoms with Crippen molar-refractivity contribution in [1.29, 1.82) is 0 Å². The van der Waals surface area contributed by atoms with Crippen LogP contribution < -0.4 is 9.47 Å². The molecule has 0 aliphatic carbocycles. The zero-order valence-electron chi connectivity index (χ0n) is 13.7. The highest BCUT2D eigenvalue weighted by Crippen LogP contribution is 2.44. The maximum Gasteiger partial charge on any atom is 0.150 e. The minimum Gasteiger partial charge on any atom is -0.491 e. The normalized spacial score (nSPS) is 29.2. The Morgan fingerprint density at radius 1 is 1.00 bits per heavy atom. The van der Waals surface area contributed by atoms with Gasteiger partial charge < -0.3 is 18.9 Å².